The maximum absolute atomic E-state index is 10.7. The average molecular weight is 411 g/mol. The lowest BCUT2D eigenvalue weighted by molar-refractivity contribution is -0.131. The Bertz CT molecular complexity index is 737. The first-order chi connectivity index (χ1) is 14.2. The molecule has 0 bridgehead atoms. The fourth-order valence-electron chi connectivity index (χ4n) is 5.30. The second-order valence-corrected chi connectivity index (χ2v) is 10.1. The van der Waals surface area contributed by atoms with E-state index in [0.717, 1.165) is 17.4 Å². The molecule has 0 spiro atoms. The summed E-state index contributed by atoms with van der Waals surface area (Å²) in [5.74, 6) is 0.838. The number of rotatable bonds is 8. The van der Waals surface area contributed by atoms with Crippen LogP contribution in [0.4, 0.5) is 0 Å². The van der Waals surface area contributed by atoms with Gasteiger partial charge in [0.15, 0.2) is 0 Å². The van der Waals surface area contributed by atoms with Gasteiger partial charge in [-0.1, -0.05) is 93.9 Å². The number of hydrogen-bond acceptors (Lipinski definition) is 1. The highest BCUT2D eigenvalue weighted by Gasteiger charge is 2.36. The minimum Gasteiger partial charge on any atom is -0.478 e. The zero-order valence-corrected chi connectivity index (χ0v) is 19.8. The van der Waals surface area contributed by atoms with Crippen LogP contribution in [0.1, 0.15) is 92.4 Å². The van der Waals surface area contributed by atoms with Crippen LogP contribution >= 0.6 is 0 Å². The first-order valence-electron chi connectivity index (χ1n) is 11.8. The number of carboxylic acid groups (broad SMARTS) is 1. The van der Waals surface area contributed by atoms with Crippen molar-refractivity contribution in [3.05, 3.63) is 58.7 Å². The Hall–Kier alpha value is -1.83. The van der Waals surface area contributed by atoms with Crippen molar-refractivity contribution in [2.75, 3.05) is 0 Å². The van der Waals surface area contributed by atoms with Crippen molar-refractivity contribution in [2.24, 2.45) is 17.3 Å². The van der Waals surface area contributed by atoms with Crippen LogP contribution in [0.25, 0.3) is 0 Å². The fraction of sp³-hybridized carbons (Fsp3) is 0.607. The summed E-state index contributed by atoms with van der Waals surface area (Å²) in [7, 11) is 0. The number of aliphatic carboxylic acids is 1. The third-order valence-corrected chi connectivity index (χ3v) is 7.27. The summed E-state index contributed by atoms with van der Waals surface area (Å²) in [6.45, 7) is 11.1. The van der Waals surface area contributed by atoms with Crippen LogP contribution in [-0.2, 0) is 4.79 Å². The molecule has 1 fully saturated rings. The van der Waals surface area contributed by atoms with Gasteiger partial charge < -0.3 is 5.11 Å². The molecule has 1 saturated carbocycles. The monoisotopic (exact) mass is 410 g/mol. The standard InChI is InChI=1S/C28H42O2/c1-21(10-9-11-22(2)20-27(29)30)14-19-26-23(3)15-17-25(28(26,4)5)18-16-24-12-7-6-8-13-24/h9-11,14,19-20,24-25H,6-8,12-13,15-18H2,1-5H3,(H,29,30)/b11-9+,19-14+,21-10-,22-20+. The summed E-state index contributed by atoms with van der Waals surface area (Å²) in [6, 6.07) is 0. The van der Waals surface area contributed by atoms with Gasteiger partial charge in [-0.3, -0.25) is 0 Å². The van der Waals surface area contributed by atoms with Gasteiger partial charge in [0.2, 0.25) is 0 Å². The van der Waals surface area contributed by atoms with Crippen LogP contribution in [0, 0.1) is 17.3 Å². The topological polar surface area (TPSA) is 37.3 Å². The zero-order valence-electron chi connectivity index (χ0n) is 19.8. The fourth-order valence-corrected chi connectivity index (χ4v) is 5.30. The lowest BCUT2D eigenvalue weighted by Gasteiger charge is -2.42. The summed E-state index contributed by atoms with van der Waals surface area (Å²) in [5, 5.41) is 8.79. The van der Waals surface area contributed by atoms with Crippen LogP contribution in [0.3, 0.4) is 0 Å². The van der Waals surface area contributed by atoms with E-state index in [9.17, 15) is 4.79 Å². The van der Waals surface area contributed by atoms with Crippen molar-refractivity contribution < 1.29 is 9.90 Å². The largest absolute Gasteiger partial charge is 0.478 e. The Kier molecular flexibility index (Phi) is 9.39. The van der Waals surface area contributed by atoms with Gasteiger partial charge >= 0.3 is 5.97 Å². The average Bonchev–Trinajstić information content (AvgIpc) is 2.67. The molecule has 0 radical (unpaired) electrons. The molecule has 2 aliphatic rings. The molecule has 2 rings (SSSR count). The van der Waals surface area contributed by atoms with Gasteiger partial charge in [0.1, 0.15) is 0 Å². The van der Waals surface area contributed by atoms with Crippen molar-refractivity contribution in [3.63, 3.8) is 0 Å². The molecule has 1 N–H and O–H groups in total. The maximum Gasteiger partial charge on any atom is 0.328 e. The second-order valence-electron chi connectivity index (χ2n) is 10.1. The van der Waals surface area contributed by atoms with E-state index >= 15 is 0 Å². The third kappa shape index (κ3) is 7.45. The summed E-state index contributed by atoms with van der Waals surface area (Å²) >= 11 is 0. The highest BCUT2D eigenvalue weighted by Crippen LogP contribution is 2.48. The molecule has 1 atom stereocenters. The highest BCUT2D eigenvalue weighted by molar-refractivity contribution is 5.81. The molecule has 2 nitrogen and oxygen atoms in total. The van der Waals surface area contributed by atoms with Crippen LogP contribution in [0.5, 0.6) is 0 Å². The molecule has 2 heteroatoms. The molecule has 0 saturated heterocycles. The van der Waals surface area contributed by atoms with Crippen molar-refractivity contribution in [2.45, 2.75) is 92.4 Å². The van der Waals surface area contributed by atoms with Crippen LogP contribution < -0.4 is 0 Å². The zero-order chi connectivity index (χ0) is 22.1. The van der Waals surface area contributed by atoms with E-state index in [0.29, 0.717) is 0 Å². The predicted octanol–water partition coefficient (Wildman–Crippen LogP) is 8.19. The van der Waals surface area contributed by atoms with Crippen LogP contribution in [0.2, 0.25) is 0 Å². The minimum atomic E-state index is -0.905. The van der Waals surface area contributed by atoms with E-state index < -0.39 is 5.97 Å². The molecule has 1 unspecified atom stereocenters. The molecule has 0 aromatic carbocycles. The van der Waals surface area contributed by atoms with E-state index in [4.69, 9.17) is 5.11 Å². The Balaban J connectivity index is 2.02. The normalized spacial score (nSPS) is 24.2. The van der Waals surface area contributed by atoms with Crippen molar-refractivity contribution in [1.29, 1.82) is 0 Å². The molecule has 0 amide bonds. The molecular formula is C28H42O2. The van der Waals surface area contributed by atoms with E-state index in [1.807, 2.05) is 18.2 Å². The molecule has 0 heterocycles. The quantitative estimate of drug-likeness (QED) is 0.323. The van der Waals surface area contributed by atoms with Gasteiger partial charge in [-0.05, 0) is 68.4 Å². The second kappa shape index (κ2) is 11.5. The lowest BCUT2D eigenvalue weighted by Crippen LogP contribution is -2.30. The summed E-state index contributed by atoms with van der Waals surface area (Å²) < 4.78 is 0. The van der Waals surface area contributed by atoms with Crippen LogP contribution in [-0.4, -0.2) is 11.1 Å². The number of carbonyl (C=O) groups is 1. The first kappa shape index (κ1) is 24.4. The van der Waals surface area contributed by atoms with Crippen LogP contribution in [0.15, 0.2) is 58.7 Å². The molecular weight excluding hydrogens is 368 g/mol. The van der Waals surface area contributed by atoms with E-state index in [1.165, 1.54) is 80.6 Å². The van der Waals surface area contributed by atoms with Gasteiger partial charge in [0.25, 0.3) is 0 Å². The Morgan fingerprint density at radius 1 is 1.03 bits per heavy atom. The number of hydrogen-bond donors (Lipinski definition) is 1. The SMILES string of the molecule is CC1=C(/C=C/C(C)=C\C=C\C(C)=C\C(=O)O)C(C)(C)C(CCC2CCCCC2)CC1. The maximum atomic E-state index is 10.7. The van der Waals surface area contributed by atoms with Crippen molar-refractivity contribution >= 4 is 5.97 Å². The predicted molar refractivity (Wildman–Crippen MR) is 128 cm³/mol. The Labute approximate surface area is 184 Å². The Morgan fingerprint density at radius 2 is 1.73 bits per heavy atom. The molecule has 0 aromatic heterocycles. The first-order valence-corrected chi connectivity index (χ1v) is 11.8. The van der Waals surface area contributed by atoms with Gasteiger partial charge in [-0.15, -0.1) is 0 Å². The van der Waals surface area contributed by atoms with E-state index in [1.54, 1.807) is 6.92 Å². The van der Waals surface area contributed by atoms with Crippen molar-refractivity contribution in [3.8, 4) is 0 Å². The third-order valence-electron chi connectivity index (χ3n) is 7.27. The number of carboxylic acids is 1. The van der Waals surface area contributed by atoms with Crippen molar-refractivity contribution in [1.82, 2.24) is 0 Å². The van der Waals surface area contributed by atoms with Gasteiger partial charge in [0, 0.05) is 6.08 Å². The summed E-state index contributed by atoms with van der Waals surface area (Å²) in [6.07, 6.45) is 24.1. The lowest BCUT2D eigenvalue weighted by atomic mass is 9.63. The number of allylic oxidation sites excluding steroid dienone is 9. The molecule has 30 heavy (non-hydrogen) atoms. The molecule has 0 aromatic rings. The van der Waals surface area contributed by atoms with Gasteiger partial charge in [0.05, 0.1) is 0 Å². The minimum absolute atomic E-state index is 0.227. The smallest absolute Gasteiger partial charge is 0.328 e. The molecule has 2 aliphatic carbocycles. The van der Waals surface area contributed by atoms with Gasteiger partial charge in [-0.2, -0.15) is 0 Å². The highest BCUT2D eigenvalue weighted by atomic mass is 16.4. The van der Waals surface area contributed by atoms with E-state index in [-0.39, 0.29) is 5.41 Å². The van der Waals surface area contributed by atoms with Gasteiger partial charge in [-0.25, -0.2) is 4.79 Å². The van der Waals surface area contributed by atoms with E-state index in [2.05, 4.69) is 39.8 Å². The molecule has 166 valence electrons. The summed E-state index contributed by atoms with van der Waals surface area (Å²) in [5.41, 5.74) is 5.19. The summed E-state index contributed by atoms with van der Waals surface area (Å²) in [4.78, 5) is 10.7. The molecule has 0 aliphatic heterocycles. The Morgan fingerprint density at radius 3 is 2.40 bits per heavy atom.